The van der Waals surface area contributed by atoms with Crippen LogP contribution in [0.4, 0.5) is 10.1 Å². The molecule has 0 aromatic heterocycles. The average molecular weight is 340 g/mol. The van der Waals surface area contributed by atoms with E-state index in [-0.39, 0.29) is 30.0 Å². The Hall–Kier alpha value is -2.69. The van der Waals surface area contributed by atoms with Crippen LogP contribution in [-0.4, -0.2) is 24.9 Å². The van der Waals surface area contributed by atoms with Gasteiger partial charge in [0.05, 0.1) is 5.92 Å². The second kappa shape index (κ2) is 7.47. The van der Waals surface area contributed by atoms with E-state index in [0.29, 0.717) is 19.5 Å². The molecule has 1 aliphatic heterocycles. The van der Waals surface area contributed by atoms with Gasteiger partial charge in [0, 0.05) is 25.2 Å². The van der Waals surface area contributed by atoms with Crippen molar-refractivity contribution in [3.63, 3.8) is 0 Å². The summed E-state index contributed by atoms with van der Waals surface area (Å²) in [5, 5.41) is 2.88. The zero-order valence-corrected chi connectivity index (χ0v) is 14.2. The molecule has 1 fully saturated rings. The monoisotopic (exact) mass is 340 g/mol. The highest BCUT2D eigenvalue weighted by molar-refractivity contribution is 6.00. The molecule has 1 unspecified atom stereocenters. The van der Waals surface area contributed by atoms with E-state index in [9.17, 15) is 14.0 Å². The Balaban J connectivity index is 1.54. The van der Waals surface area contributed by atoms with Crippen LogP contribution in [-0.2, 0) is 16.0 Å². The minimum absolute atomic E-state index is 0.0204. The number of nitrogens with zero attached hydrogens (tertiary/aromatic N) is 1. The van der Waals surface area contributed by atoms with Crippen LogP contribution in [0.25, 0.3) is 0 Å². The first kappa shape index (κ1) is 17.1. The zero-order valence-electron chi connectivity index (χ0n) is 14.2. The Morgan fingerprint density at radius 3 is 2.64 bits per heavy atom. The third-order valence-electron chi connectivity index (χ3n) is 4.53. The van der Waals surface area contributed by atoms with Gasteiger partial charge in [0.2, 0.25) is 11.8 Å². The molecule has 25 heavy (non-hydrogen) atoms. The van der Waals surface area contributed by atoms with E-state index >= 15 is 0 Å². The lowest BCUT2D eigenvalue weighted by Gasteiger charge is -2.19. The summed E-state index contributed by atoms with van der Waals surface area (Å²) in [5.41, 5.74) is 2.85. The van der Waals surface area contributed by atoms with Gasteiger partial charge in [-0.3, -0.25) is 9.59 Å². The van der Waals surface area contributed by atoms with Crippen LogP contribution >= 0.6 is 0 Å². The first-order valence-corrected chi connectivity index (χ1v) is 8.43. The number of anilines is 1. The molecule has 0 spiro atoms. The highest BCUT2D eigenvalue weighted by Gasteiger charge is 2.35. The number of nitrogens with one attached hydrogen (secondary N) is 1. The number of halogens is 1. The van der Waals surface area contributed by atoms with Crippen molar-refractivity contribution in [1.82, 2.24) is 5.32 Å². The summed E-state index contributed by atoms with van der Waals surface area (Å²) in [6, 6.07) is 13.9. The number of aryl methyl sites for hydroxylation is 1. The van der Waals surface area contributed by atoms with E-state index in [4.69, 9.17) is 0 Å². The lowest BCUT2D eigenvalue weighted by molar-refractivity contribution is -0.126. The maximum Gasteiger partial charge on any atom is 0.227 e. The first-order chi connectivity index (χ1) is 12.0. The molecule has 2 amide bonds. The molecule has 4 nitrogen and oxygen atoms in total. The van der Waals surface area contributed by atoms with Crippen molar-refractivity contribution in [1.29, 1.82) is 0 Å². The van der Waals surface area contributed by atoms with E-state index in [0.717, 1.165) is 16.8 Å². The number of hydrogen-bond donors (Lipinski definition) is 1. The van der Waals surface area contributed by atoms with Crippen molar-refractivity contribution in [3.8, 4) is 0 Å². The fourth-order valence-corrected chi connectivity index (χ4v) is 3.11. The summed E-state index contributed by atoms with van der Waals surface area (Å²) in [4.78, 5) is 26.3. The third kappa shape index (κ3) is 4.05. The fourth-order valence-electron chi connectivity index (χ4n) is 3.11. The highest BCUT2D eigenvalue weighted by atomic mass is 19.1. The topological polar surface area (TPSA) is 49.4 Å². The fraction of sp³-hybridized carbons (Fsp3) is 0.300. The summed E-state index contributed by atoms with van der Waals surface area (Å²) in [6.45, 7) is 2.84. The van der Waals surface area contributed by atoms with Crippen molar-refractivity contribution in [2.75, 3.05) is 18.0 Å². The quantitative estimate of drug-likeness (QED) is 0.910. The van der Waals surface area contributed by atoms with E-state index in [1.165, 1.54) is 12.1 Å². The van der Waals surface area contributed by atoms with Crippen LogP contribution in [0.2, 0.25) is 0 Å². The van der Waals surface area contributed by atoms with Crippen LogP contribution in [0.3, 0.4) is 0 Å². The van der Waals surface area contributed by atoms with Gasteiger partial charge in [-0.2, -0.15) is 0 Å². The molecule has 2 aromatic rings. The number of benzene rings is 2. The molecule has 1 atom stereocenters. The minimum Gasteiger partial charge on any atom is -0.355 e. The van der Waals surface area contributed by atoms with Crippen molar-refractivity contribution < 1.29 is 14.0 Å². The van der Waals surface area contributed by atoms with E-state index in [1.807, 2.05) is 31.2 Å². The normalized spacial score (nSPS) is 17.0. The van der Waals surface area contributed by atoms with E-state index in [2.05, 4.69) is 5.32 Å². The lowest BCUT2D eigenvalue weighted by atomic mass is 10.1. The Kier molecular flexibility index (Phi) is 5.12. The molecule has 1 saturated heterocycles. The molecule has 5 heteroatoms. The maximum atomic E-state index is 12.9. The highest BCUT2D eigenvalue weighted by Crippen LogP contribution is 2.27. The molecular formula is C20H21FN2O2. The predicted octanol–water partition coefficient (Wildman–Crippen LogP) is 2.85. The number of hydrogen-bond acceptors (Lipinski definition) is 2. The number of carbonyl (C=O) groups excluding carboxylic acids is 2. The zero-order chi connectivity index (χ0) is 17.8. The first-order valence-electron chi connectivity index (χ1n) is 8.43. The van der Waals surface area contributed by atoms with Crippen molar-refractivity contribution in [3.05, 3.63) is 65.5 Å². The summed E-state index contributed by atoms with van der Waals surface area (Å²) < 4.78 is 12.9. The molecule has 0 saturated carbocycles. The predicted molar refractivity (Wildman–Crippen MR) is 94.8 cm³/mol. The average Bonchev–Trinajstić information content (AvgIpc) is 2.99. The van der Waals surface area contributed by atoms with Crippen LogP contribution in [0, 0.1) is 18.7 Å². The number of para-hydroxylation sites is 1. The Labute approximate surface area is 146 Å². The molecule has 0 radical (unpaired) electrons. The van der Waals surface area contributed by atoms with Gasteiger partial charge >= 0.3 is 0 Å². The van der Waals surface area contributed by atoms with Crippen LogP contribution < -0.4 is 10.2 Å². The van der Waals surface area contributed by atoms with Gasteiger partial charge in [-0.1, -0.05) is 30.3 Å². The third-order valence-corrected chi connectivity index (χ3v) is 4.53. The second-order valence-electron chi connectivity index (χ2n) is 6.36. The van der Waals surface area contributed by atoms with Gasteiger partial charge in [0.1, 0.15) is 5.82 Å². The van der Waals surface area contributed by atoms with Crippen LogP contribution in [0.5, 0.6) is 0 Å². The molecule has 130 valence electrons. The largest absolute Gasteiger partial charge is 0.355 e. The van der Waals surface area contributed by atoms with Gasteiger partial charge in [-0.15, -0.1) is 0 Å². The molecular weight excluding hydrogens is 319 g/mol. The summed E-state index contributed by atoms with van der Waals surface area (Å²) in [7, 11) is 0. The van der Waals surface area contributed by atoms with Crippen LogP contribution in [0.15, 0.2) is 48.5 Å². The van der Waals surface area contributed by atoms with E-state index in [1.54, 1.807) is 17.0 Å². The Morgan fingerprint density at radius 1 is 1.20 bits per heavy atom. The lowest BCUT2D eigenvalue weighted by Crippen LogP contribution is -2.34. The number of amides is 2. The van der Waals surface area contributed by atoms with Crippen molar-refractivity contribution >= 4 is 17.5 Å². The summed E-state index contributed by atoms with van der Waals surface area (Å²) >= 11 is 0. The van der Waals surface area contributed by atoms with Gasteiger partial charge < -0.3 is 10.2 Å². The van der Waals surface area contributed by atoms with Gasteiger partial charge in [0.25, 0.3) is 0 Å². The molecule has 1 N–H and O–H groups in total. The smallest absolute Gasteiger partial charge is 0.227 e. The van der Waals surface area contributed by atoms with Gasteiger partial charge in [-0.05, 0) is 42.7 Å². The second-order valence-corrected chi connectivity index (χ2v) is 6.36. The van der Waals surface area contributed by atoms with Crippen molar-refractivity contribution in [2.45, 2.75) is 19.8 Å². The number of carbonyl (C=O) groups is 2. The molecule has 0 bridgehead atoms. The number of rotatable bonds is 5. The van der Waals surface area contributed by atoms with Gasteiger partial charge in [-0.25, -0.2) is 4.39 Å². The van der Waals surface area contributed by atoms with E-state index < -0.39 is 0 Å². The molecule has 0 aliphatic carbocycles. The Morgan fingerprint density at radius 2 is 1.92 bits per heavy atom. The summed E-state index contributed by atoms with van der Waals surface area (Å²) in [6.07, 6.45) is 0.866. The van der Waals surface area contributed by atoms with Crippen LogP contribution in [0.1, 0.15) is 17.5 Å². The molecule has 2 aromatic carbocycles. The van der Waals surface area contributed by atoms with Crippen molar-refractivity contribution in [2.24, 2.45) is 5.92 Å². The standard InChI is InChI=1S/C20H21FN2O2/c1-14-4-2-3-5-18(14)23-13-16(12-19(23)24)20(25)22-11-10-15-6-8-17(21)9-7-15/h2-9,16H,10-13H2,1H3,(H,22,25). The Bertz CT molecular complexity index is 774. The summed E-state index contributed by atoms with van der Waals surface area (Å²) in [5.74, 6) is -0.728. The molecule has 1 heterocycles. The molecule has 3 rings (SSSR count). The maximum absolute atomic E-state index is 12.9. The molecule has 1 aliphatic rings. The SMILES string of the molecule is Cc1ccccc1N1CC(C(=O)NCCc2ccc(F)cc2)CC1=O. The van der Waals surface area contributed by atoms with Gasteiger partial charge in [0.15, 0.2) is 0 Å². The minimum atomic E-state index is -0.333.